The first-order valence-corrected chi connectivity index (χ1v) is 15.0. The van der Waals surface area contributed by atoms with Gasteiger partial charge in [0.05, 0.1) is 21.5 Å². The normalized spacial score (nSPS) is 13.0. The largest absolute Gasteiger partial charge is 0.416 e. The van der Waals surface area contributed by atoms with Crippen LogP contribution < -0.4 is 11.5 Å². The molecule has 1 aromatic heterocycles. The Morgan fingerprint density at radius 3 is 1.48 bits per heavy atom. The van der Waals surface area contributed by atoms with Gasteiger partial charge < -0.3 is 21.9 Å². The van der Waals surface area contributed by atoms with E-state index in [0.717, 1.165) is 28.2 Å². The third-order valence-electron chi connectivity index (χ3n) is 7.64. The van der Waals surface area contributed by atoms with E-state index in [4.69, 9.17) is 21.9 Å². The van der Waals surface area contributed by atoms with E-state index in [1.165, 1.54) is 0 Å². The monoisotopic (exact) mass is 643 g/mol. The molecule has 0 atom stereocenters. The second kappa shape index (κ2) is 11.3. The maximum atomic E-state index is 14.1. The number of benzene rings is 5. The number of nitrogens with zero attached hydrogens (tertiary/aromatic N) is 3. The number of hydrogen-bond acceptors (Lipinski definition) is 6. The van der Waals surface area contributed by atoms with Crippen molar-refractivity contribution in [2.24, 2.45) is 21.8 Å². The van der Waals surface area contributed by atoms with Crippen molar-refractivity contribution in [3.8, 4) is 22.3 Å². The molecule has 0 spiro atoms. The Balaban J connectivity index is 1.60. The first-order valence-electron chi connectivity index (χ1n) is 13.6. The van der Waals surface area contributed by atoms with Gasteiger partial charge in [0, 0.05) is 21.9 Å². The molecule has 6 rings (SSSR count). The first kappa shape index (κ1) is 30.2. The van der Waals surface area contributed by atoms with Crippen LogP contribution in [0.15, 0.2) is 124 Å². The molecule has 0 radical (unpaired) electrons. The fourth-order valence-electron chi connectivity index (χ4n) is 5.36. The van der Waals surface area contributed by atoms with E-state index in [2.05, 4.69) is 10.3 Å². The van der Waals surface area contributed by atoms with Crippen molar-refractivity contribution in [3.63, 3.8) is 0 Å². The van der Waals surface area contributed by atoms with Gasteiger partial charge in [0.2, 0.25) is 0 Å². The van der Waals surface area contributed by atoms with Crippen LogP contribution in [0.25, 0.3) is 44.1 Å². The summed E-state index contributed by atoms with van der Waals surface area (Å²) < 4.78 is 69.0. The number of fused-ring (bicyclic) bond motifs is 3. The molecule has 0 bridgehead atoms. The topological polar surface area (TPSA) is 156 Å². The minimum absolute atomic E-state index is 0.0825. The van der Waals surface area contributed by atoms with Crippen LogP contribution in [0.2, 0.25) is 0 Å². The summed E-state index contributed by atoms with van der Waals surface area (Å²) in [6.45, 7) is 0. The molecule has 5 aromatic carbocycles. The van der Waals surface area contributed by atoms with Crippen molar-refractivity contribution in [2.75, 3.05) is 0 Å². The molecule has 1 heterocycles. The van der Waals surface area contributed by atoms with Crippen molar-refractivity contribution in [2.45, 2.75) is 11.1 Å². The Morgan fingerprint density at radius 1 is 0.630 bits per heavy atom. The van der Waals surface area contributed by atoms with Crippen molar-refractivity contribution in [1.29, 1.82) is 0 Å². The van der Waals surface area contributed by atoms with Gasteiger partial charge in [0.15, 0.2) is 11.7 Å². The zero-order valence-corrected chi connectivity index (χ0v) is 24.5. The lowest BCUT2D eigenvalue weighted by Crippen LogP contribution is -2.13. The summed E-state index contributed by atoms with van der Waals surface area (Å²) in [5.74, 6) is -0.165. The standard InChI is InChI=1S/C33H24F3N5O4S/c34-33(35,36)25-9-11-26(12-10-25)46(44,45)41-29-13-7-21(19-3-1-5-23(15-19)31(37)39-42)17-27(29)28-18-22(8-14-30(28)41)20-4-2-6-24(16-20)32(38)40-43/h1-18,42-43H,(H2,37,39)(H2,38,40). The van der Waals surface area contributed by atoms with Gasteiger partial charge in [-0.25, -0.2) is 12.4 Å². The molecule has 0 amide bonds. The summed E-state index contributed by atoms with van der Waals surface area (Å²) >= 11 is 0. The van der Waals surface area contributed by atoms with Gasteiger partial charge in [-0.3, -0.25) is 0 Å². The zero-order chi connectivity index (χ0) is 32.8. The summed E-state index contributed by atoms with van der Waals surface area (Å²) in [6.07, 6.45) is -4.63. The van der Waals surface area contributed by atoms with E-state index >= 15 is 0 Å². The Kier molecular flexibility index (Phi) is 7.40. The van der Waals surface area contributed by atoms with Gasteiger partial charge >= 0.3 is 6.18 Å². The average Bonchev–Trinajstić information content (AvgIpc) is 3.41. The van der Waals surface area contributed by atoms with E-state index in [1.807, 2.05) is 12.1 Å². The van der Waals surface area contributed by atoms with Crippen LogP contribution in [0.3, 0.4) is 0 Å². The van der Waals surface area contributed by atoms with Crippen molar-refractivity contribution in [3.05, 3.63) is 126 Å². The first-order chi connectivity index (χ1) is 21.9. The predicted molar refractivity (Wildman–Crippen MR) is 169 cm³/mol. The summed E-state index contributed by atoms with van der Waals surface area (Å²) in [4.78, 5) is -0.314. The van der Waals surface area contributed by atoms with Crippen LogP contribution in [-0.2, 0) is 16.2 Å². The van der Waals surface area contributed by atoms with Gasteiger partial charge in [-0.2, -0.15) is 13.2 Å². The van der Waals surface area contributed by atoms with Gasteiger partial charge in [0.1, 0.15) is 0 Å². The number of halogens is 3. The molecule has 232 valence electrons. The smallest absolute Gasteiger partial charge is 0.409 e. The molecule has 0 fully saturated rings. The average molecular weight is 644 g/mol. The number of amidine groups is 2. The fourth-order valence-corrected chi connectivity index (χ4v) is 6.89. The van der Waals surface area contributed by atoms with Crippen LogP contribution in [0.1, 0.15) is 16.7 Å². The molecular formula is C33H24F3N5O4S. The molecule has 0 saturated carbocycles. The minimum atomic E-state index is -4.63. The van der Waals surface area contributed by atoms with E-state index < -0.39 is 21.8 Å². The number of aromatic nitrogens is 1. The minimum Gasteiger partial charge on any atom is -0.409 e. The lowest BCUT2D eigenvalue weighted by atomic mass is 9.98. The molecule has 0 unspecified atom stereocenters. The van der Waals surface area contributed by atoms with Crippen molar-refractivity contribution < 1.29 is 32.0 Å². The summed E-state index contributed by atoms with van der Waals surface area (Å²) in [7, 11) is -4.38. The van der Waals surface area contributed by atoms with Crippen molar-refractivity contribution in [1.82, 2.24) is 3.97 Å². The molecule has 0 saturated heterocycles. The second-order valence-corrected chi connectivity index (χ2v) is 12.2. The number of rotatable bonds is 6. The van der Waals surface area contributed by atoms with E-state index in [1.54, 1.807) is 72.8 Å². The Labute approximate surface area is 260 Å². The van der Waals surface area contributed by atoms with Crippen LogP contribution >= 0.6 is 0 Å². The second-order valence-electron chi connectivity index (χ2n) is 10.4. The van der Waals surface area contributed by atoms with Crippen molar-refractivity contribution >= 4 is 43.5 Å². The number of hydrogen-bond donors (Lipinski definition) is 4. The summed E-state index contributed by atoms with van der Waals surface area (Å²) in [5, 5.41) is 25.5. The Morgan fingerprint density at radius 2 is 1.07 bits per heavy atom. The molecule has 6 aromatic rings. The predicted octanol–water partition coefficient (Wildman–Crippen LogP) is 6.57. The fraction of sp³-hybridized carbons (Fsp3) is 0.0303. The molecule has 13 heteroatoms. The summed E-state index contributed by atoms with van der Waals surface area (Å²) in [6, 6.07) is 27.5. The van der Waals surface area contributed by atoms with Crippen LogP contribution in [-0.4, -0.2) is 34.5 Å². The van der Waals surface area contributed by atoms with Crippen LogP contribution in [0, 0.1) is 0 Å². The van der Waals surface area contributed by atoms with Gasteiger partial charge in [-0.1, -0.05) is 58.8 Å². The zero-order valence-electron chi connectivity index (χ0n) is 23.6. The number of alkyl halides is 3. The highest BCUT2D eigenvalue weighted by molar-refractivity contribution is 7.90. The Hall–Kier alpha value is -5.82. The van der Waals surface area contributed by atoms with E-state index in [0.29, 0.717) is 55.2 Å². The highest BCUT2D eigenvalue weighted by Gasteiger charge is 2.31. The van der Waals surface area contributed by atoms with E-state index in [9.17, 15) is 21.6 Å². The molecule has 0 aliphatic carbocycles. The number of nitrogens with two attached hydrogens (primary N) is 2. The molecule has 6 N–H and O–H groups in total. The quantitative estimate of drug-likeness (QED) is 0.0696. The van der Waals surface area contributed by atoms with Gasteiger partial charge in [-0.15, -0.1) is 0 Å². The third kappa shape index (κ3) is 5.26. The molecular weight excluding hydrogens is 619 g/mol. The summed E-state index contributed by atoms with van der Waals surface area (Å²) in [5.41, 5.74) is 15.0. The van der Waals surface area contributed by atoms with Gasteiger partial charge in [-0.05, 0) is 82.9 Å². The maximum Gasteiger partial charge on any atom is 0.416 e. The SMILES string of the molecule is N/C(=N\O)c1cccc(-c2ccc3c(c2)c2cc(-c4cccc(/C(N)=N/O)c4)ccc2n3S(=O)(=O)c2ccc(C(F)(F)F)cc2)c1. The molecule has 0 aliphatic rings. The lowest BCUT2D eigenvalue weighted by Gasteiger charge is -2.12. The van der Waals surface area contributed by atoms with Crippen LogP contribution in [0.5, 0.6) is 0 Å². The lowest BCUT2D eigenvalue weighted by molar-refractivity contribution is -0.137. The molecule has 46 heavy (non-hydrogen) atoms. The number of oxime groups is 2. The molecule has 0 aliphatic heterocycles. The highest BCUT2D eigenvalue weighted by atomic mass is 32.2. The molecule has 9 nitrogen and oxygen atoms in total. The van der Waals surface area contributed by atoms with Crippen LogP contribution in [0.4, 0.5) is 13.2 Å². The van der Waals surface area contributed by atoms with E-state index in [-0.39, 0.29) is 16.6 Å². The van der Waals surface area contributed by atoms with Gasteiger partial charge in [0.25, 0.3) is 10.0 Å². The highest BCUT2D eigenvalue weighted by Crippen LogP contribution is 2.38. The Bertz CT molecular complexity index is 2190. The maximum absolute atomic E-state index is 14.1. The third-order valence-corrected chi connectivity index (χ3v) is 9.38.